The van der Waals surface area contributed by atoms with Crippen LogP contribution in [0.15, 0.2) is 243 Å². The molecule has 0 aliphatic rings. The lowest BCUT2D eigenvalue weighted by atomic mass is 9.94. The molecule has 0 amide bonds. The standard InChI is InChI=1S/C60H40N2/c1-5-17-41(18-6-1)47-35-48(42-19-7-2-8-20-42)37-50(36-47)62-58-28-16-14-26-53(58)55-33-30-46(39-60(55)62)45-29-32-54-52-25-13-15-27-57(52)61(59(54)38-45)49-31-34-51(43-21-9-3-10-22-43)56(40-49)44-23-11-4-12-24-44/h1-40H. The molecule has 0 saturated heterocycles. The molecule has 0 atom stereocenters. The van der Waals surface area contributed by atoms with Gasteiger partial charge in [0.25, 0.3) is 0 Å². The molecule has 10 aromatic carbocycles. The Morgan fingerprint density at radius 3 is 1.10 bits per heavy atom. The zero-order chi connectivity index (χ0) is 41.0. The van der Waals surface area contributed by atoms with E-state index in [-0.39, 0.29) is 0 Å². The zero-order valence-electron chi connectivity index (χ0n) is 34.0. The molecule has 0 saturated carbocycles. The molecule has 2 aromatic heterocycles. The molecule has 12 aromatic rings. The van der Waals surface area contributed by atoms with E-state index >= 15 is 0 Å². The van der Waals surface area contributed by atoms with Crippen molar-refractivity contribution in [2.75, 3.05) is 0 Å². The highest BCUT2D eigenvalue weighted by molar-refractivity contribution is 6.12. The smallest absolute Gasteiger partial charge is 0.0547 e. The first-order chi connectivity index (χ1) is 30.7. The van der Waals surface area contributed by atoms with Gasteiger partial charge in [-0.25, -0.2) is 0 Å². The maximum Gasteiger partial charge on any atom is 0.0547 e. The highest BCUT2D eigenvalue weighted by Gasteiger charge is 2.19. The average Bonchev–Trinajstić information content (AvgIpc) is 3.87. The summed E-state index contributed by atoms with van der Waals surface area (Å²) in [6.07, 6.45) is 0. The molecule has 0 radical (unpaired) electrons. The number of hydrogen-bond acceptors (Lipinski definition) is 0. The van der Waals surface area contributed by atoms with Crippen LogP contribution in [0.1, 0.15) is 0 Å². The second kappa shape index (κ2) is 14.8. The Kier molecular flexibility index (Phi) is 8.53. The van der Waals surface area contributed by atoms with Crippen molar-refractivity contribution in [2.45, 2.75) is 0 Å². The summed E-state index contributed by atoms with van der Waals surface area (Å²) in [7, 11) is 0. The normalized spacial score (nSPS) is 11.5. The number of aromatic nitrogens is 2. The third-order valence-electron chi connectivity index (χ3n) is 12.5. The third kappa shape index (κ3) is 6.04. The molecule has 0 unspecified atom stereocenters. The topological polar surface area (TPSA) is 9.86 Å². The van der Waals surface area contributed by atoms with E-state index in [9.17, 15) is 0 Å². The maximum atomic E-state index is 2.46. The first-order valence-electron chi connectivity index (χ1n) is 21.3. The number of rotatable bonds is 7. The number of fused-ring (bicyclic) bond motifs is 6. The van der Waals surface area contributed by atoms with E-state index in [1.807, 2.05) is 0 Å². The molecule has 0 bridgehead atoms. The quantitative estimate of drug-likeness (QED) is 0.152. The number of para-hydroxylation sites is 2. The van der Waals surface area contributed by atoms with Gasteiger partial charge in [-0.3, -0.25) is 0 Å². The van der Waals surface area contributed by atoms with Crippen LogP contribution < -0.4 is 0 Å². The Balaban J connectivity index is 1.06. The van der Waals surface area contributed by atoms with Crippen LogP contribution in [0.2, 0.25) is 0 Å². The van der Waals surface area contributed by atoms with Crippen molar-refractivity contribution in [3.8, 4) is 67.0 Å². The highest BCUT2D eigenvalue weighted by atomic mass is 15.0. The third-order valence-corrected chi connectivity index (χ3v) is 12.5. The lowest BCUT2D eigenvalue weighted by molar-refractivity contribution is 1.18. The Labute approximate surface area is 360 Å². The van der Waals surface area contributed by atoms with Crippen molar-refractivity contribution < 1.29 is 0 Å². The summed E-state index contributed by atoms with van der Waals surface area (Å²) >= 11 is 0. The molecule has 0 spiro atoms. The van der Waals surface area contributed by atoms with Gasteiger partial charge in [0.2, 0.25) is 0 Å². The SMILES string of the molecule is c1ccc(-c2cc(-c3ccccc3)cc(-n3c4ccccc4c4ccc(-c5ccc6c7ccccc7n(-c7ccc(-c8ccccc8)c(-c8ccccc8)c7)c6c5)cc43)c2)cc1. The van der Waals surface area contributed by atoms with Gasteiger partial charge in [0.05, 0.1) is 22.1 Å². The Hall–Kier alpha value is -8.20. The average molecular weight is 789 g/mol. The van der Waals surface area contributed by atoms with Crippen molar-refractivity contribution in [1.29, 1.82) is 0 Å². The summed E-state index contributed by atoms with van der Waals surface area (Å²) in [5.74, 6) is 0. The van der Waals surface area contributed by atoms with Crippen LogP contribution in [0.4, 0.5) is 0 Å². The predicted molar refractivity (Wildman–Crippen MR) is 262 cm³/mol. The number of hydrogen-bond donors (Lipinski definition) is 0. The van der Waals surface area contributed by atoms with Gasteiger partial charge in [0, 0.05) is 32.9 Å². The van der Waals surface area contributed by atoms with E-state index in [1.54, 1.807) is 0 Å². The summed E-state index contributed by atoms with van der Waals surface area (Å²) in [4.78, 5) is 0. The van der Waals surface area contributed by atoms with Crippen LogP contribution in [0.25, 0.3) is 111 Å². The molecule has 62 heavy (non-hydrogen) atoms. The molecule has 12 rings (SSSR count). The molecule has 0 N–H and O–H groups in total. The van der Waals surface area contributed by atoms with Crippen molar-refractivity contribution in [3.63, 3.8) is 0 Å². The van der Waals surface area contributed by atoms with E-state index in [4.69, 9.17) is 0 Å². The van der Waals surface area contributed by atoms with Crippen LogP contribution in [-0.4, -0.2) is 9.13 Å². The van der Waals surface area contributed by atoms with E-state index < -0.39 is 0 Å². The van der Waals surface area contributed by atoms with Crippen LogP contribution >= 0.6 is 0 Å². The lowest BCUT2D eigenvalue weighted by Crippen LogP contribution is -1.97. The van der Waals surface area contributed by atoms with Crippen LogP contribution in [0.3, 0.4) is 0 Å². The second-order valence-electron chi connectivity index (χ2n) is 16.1. The number of nitrogens with zero attached hydrogens (tertiary/aromatic N) is 2. The highest BCUT2D eigenvalue weighted by Crippen LogP contribution is 2.41. The molecule has 2 nitrogen and oxygen atoms in total. The summed E-state index contributed by atoms with van der Waals surface area (Å²) in [5.41, 5.74) is 19.0. The van der Waals surface area contributed by atoms with Gasteiger partial charge in [-0.1, -0.05) is 188 Å². The van der Waals surface area contributed by atoms with Crippen molar-refractivity contribution in [1.82, 2.24) is 9.13 Å². The summed E-state index contributed by atoms with van der Waals surface area (Å²) < 4.78 is 4.91. The molecular formula is C60H40N2. The fourth-order valence-electron chi connectivity index (χ4n) is 9.59. The van der Waals surface area contributed by atoms with E-state index in [1.165, 1.54) is 99.2 Å². The first-order valence-corrected chi connectivity index (χ1v) is 21.3. The molecular weight excluding hydrogens is 749 g/mol. The fourth-order valence-corrected chi connectivity index (χ4v) is 9.59. The Morgan fingerprint density at radius 1 is 0.194 bits per heavy atom. The molecule has 0 fully saturated rings. The van der Waals surface area contributed by atoms with Gasteiger partial charge >= 0.3 is 0 Å². The molecule has 290 valence electrons. The summed E-state index contributed by atoms with van der Waals surface area (Å²) in [6, 6.07) is 88.5. The molecule has 0 aliphatic heterocycles. The Morgan fingerprint density at radius 2 is 0.597 bits per heavy atom. The van der Waals surface area contributed by atoms with Crippen molar-refractivity contribution >= 4 is 43.6 Å². The molecule has 0 aliphatic carbocycles. The largest absolute Gasteiger partial charge is 0.309 e. The summed E-state index contributed by atoms with van der Waals surface area (Å²) in [6.45, 7) is 0. The fraction of sp³-hybridized carbons (Fsp3) is 0. The van der Waals surface area contributed by atoms with E-state index in [2.05, 4.69) is 252 Å². The van der Waals surface area contributed by atoms with Gasteiger partial charge in [-0.05, 0) is 110 Å². The predicted octanol–water partition coefficient (Wildman–Crippen LogP) is 16.2. The summed E-state index contributed by atoms with van der Waals surface area (Å²) in [5, 5.41) is 4.95. The lowest BCUT2D eigenvalue weighted by Gasteiger charge is -2.15. The van der Waals surface area contributed by atoms with Gasteiger partial charge in [0.15, 0.2) is 0 Å². The minimum absolute atomic E-state index is 1.13. The van der Waals surface area contributed by atoms with E-state index in [0.717, 1.165) is 11.4 Å². The van der Waals surface area contributed by atoms with Crippen LogP contribution in [-0.2, 0) is 0 Å². The minimum Gasteiger partial charge on any atom is -0.309 e. The molecule has 2 heterocycles. The van der Waals surface area contributed by atoms with Gasteiger partial charge in [-0.15, -0.1) is 0 Å². The second-order valence-corrected chi connectivity index (χ2v) is 16.1. The van der Waals surface area contributed by atoms with Crippen LogP contribution in [0.5, 0.6) is 0 Å². The monoisotopic (exact) mass is 788 g/mol. The van der Waals surface area contributed by atoms with E-state index in [0.29, 0.717) is 0 Å². The van der Waals surface area contributed by atoms with Gasteiger partial charge in [-0.2, -0.15) is 0 Å². The van der Waals surface area contributed by atoms with Gasteiger partial charge in [0.1, 0.15) is 0 Å². The first kappa shape index (κ1) is 35.7. The maximum absolute atomic E-state index is 2.46. The number of benzene rings is 10. The minimum atomic E-state index is 1.13. The van der Waals surface area contributed by atoms with Crippen molar-refractivity contribution in [3.05, 3.63) is 243 Å². The Bertz CT molecular complexity index is 3540. The van der Waals surface area contributed by atoms with Gasteiger partial charge < -0.3 is 9.13 Å². The van der Waals surface area contributed by atoms with Crippen LogP contribution in [0, 0.1) is 0 Å². The van der Waals surface area contributed by atoms with Crippen molar-refractivity contribution in [2.24, 2.45) is 0 Å². The molecule has 2 heteroatoms. The zero-order valence-corrected chi connectivity index (χ0v) is 34.0.